The number of nitrogens with one attached hydrogen (secondary N) is 1. The topological polar surface area (TPSA) is 95.7 Å². The van der Waals surface area contributed by atoms with Gasteiger partial charge in [-0.3, -0.25) is 9.59 Å². The summed E-state index contributed by atoms with van der Waals surface area (Å²) in [5.41, 5.74) is 4.07. The van der Waals surface area contributed by atoms with Crippen molar-refractivity contribution in [3.05, 3.63) is 105 Å². The largest absolute Gasteiger partial charge is 0.481 e. The number of aliphatic carboxylic acids is 1. The second-order valence-electron chi connectivity index (χ2n) is 9.09. The molecule has 0 saturated heterocycles. The summed E-state index contributed by atoms with van der Waals surface area (Å²) in [5, 5.41) is 13.9. The minimum absolute atomic E-state index is 0.0818. The van der Waals surface area contributed by atoms with Crippen molar-refractivity contribution in [1.29, 1.82) is 0 Å². The summed E-state index contributed by atoms with van der Waals surface area (Å²) in [5.74, 6) is -0.529. The minimum atomic E-state index is -0.954. The Morgan fingerprint density at radius 2 is 1.77 bits per heavy atom. The fraction of sp³-hybridized carbons (Fsp3) is 0.167. The van der Waals surface area contributed by atoms with Crippen LogP contribution in [0.1, 0.15) is 32.8 Å². The maximum Gasteiger partial charge on any atom is 0.305 e. The van der Waals surface area contributed by atoms with Crippen molar-refractivity contribution in [2.24, 2.45) is 0 Å². The van der Waals surface area contributed by atoms with Crippen LogP contribution in [0.3, 0.4) is 0 Å². The van der Waals surface area contributed by atoms with E-state index in [4.69, 9.17) is 26.1 Å². The Kier molecular flexibility index (Phi) is 7.95. The first-order chi connectivity index (χ1) is 18.9. The average molecular weight is 560 g/mol. The lowest BCUT2D eigenvalue weighted by atomic mass is 10.1. The molecule has 2 aromatic heterocycles. The molecule has 0 fully saturated rings. The highest BCUT2D eigenvalue weighted by atomic mass is 35.5. The number of carbonyl (C=O) groups is 2. The van der Waals surface area contributed by atoms with Crippen molar-refractivity contribution < 1.29 is 19.1 Å². The fourth-order valence-corrected chi connectivity index (χ4v) is 5.34. The second-order valence-corrected chi connectivity index (χ2v) is 10.7. The van der Waals surface area contributed by atoms with Gasteiger partial charge in [-0.1, -0.05) is 60.1 Å². The molecule has 0 spiro atoms. The number of para-hydroxylation sites is 1. The first-order valence-corrected chi connectivity index (χ1v) is 13.6. The molecule has 2 heterocycles. The molecule has 2 N–H and O–H groups in total. The summed E-state index contributed by atoms with van der Waals surface area (Å²) >= 11 is 8.10. The van der Waals surface area contributed by atoms with Gasteiger partial charge in [0, 0.05) is 40.5 Å². The molecule has 0 unspecified atom stereocenters. The molecule has 0 atom stereocenters. The van der Waals surface area contributed by atoms with Crippen molar-refractivity contribution >= 4 is 50.9 Å². The highest BCUT2D eigenvalue weighted by Gasteiger charge is 2.20. The molecule has 9 heteroatoms. The van der Waals surface area contributed by atoms with Crippen LogP contribution >= 0.6 is 22.9 Å². The van der Waals surface area contributed by atoms with Crippen molar-refractivity contribution in [3.63, 3.8) is 0 Å². The molecule has 0 radical (unpaired) electrons. The maximum absolute atomic E-state index is 12.4. The van der Waals surface area contributed by atoms with Crippen molar-refractivity contribution in [2.45, 2.75) is 26.4 Å². The number of anilines is 1. The first kappa shape index (κ1) is 26.5. The first-order valence-electron chi connectivity index (χ1n) is 12.4. The van der Waals surface area contributed by atoms with E-state index in [0.29, 0.717) is 23.7 Å². The van der Waals surface area contributed by atoms with Crippen LogP contribution in [0.4, 0.5) is 5.13 Å². The van der Waals surface area contributed by atoms with Crippen LogP contribution in [0.2, 0.25) is 5.02 Å². The third kappa shape index (κ3) is 6.30. The Bertz CT molecular complexity index is 1590. The van der Waals surface area contributed by atoms with Gasteiger partial charge in [0.25, 0.3) is 5.91 Å². The van der Waals surface area contributed by atoms with Crippen LogP contribution < -0.4 is 10.2 Å². The average Bonchev–Trinajstić information content (AvgIpc) is 3.53. The number of halogens is 1. The fourth-order valence-electron chi connectivity index (χ4n) is 4.24. The van der Waals surface area contributed by atoms with Crippen LogP contribution in [0.15, 0.2) is 83.3 Å². The predicted octanol–water partition coefficient (Wildman–Crippen LogP) is 6.93. The highest BCUT2D eigenvalue weighted by molar-refractivity contribution is 7.16. The van der Waals surface area contributed by atoms with E-state index in [2.05, 4.69) is 10.2 Å². The number of benzene rings is 3. The minimum Gasteiger partial charge on any atom is -0.481 e. The Morgan fingerprint density at radius 3 is 2.51 bits per heavy atom. The Balaban J connectivity index is 1.40. The number of aryl methyl sites for hydroxylation is 1. The molecule has 0 aliphatic heterocycles. The lowest BCUT2D eigenvalue weighted by Crippen LogP contribution is -2.26. The number of hydrogen-bond acceptors (Lipinski definition) is 6. The Hall–Kier alpha value is -4.14. The number of nitrogens with zero attached hydrogens (tertiary/aromatic N) is 2. The number of aromatic nitrogens is 1. The van der Waals surface area contributed by atoms with E-state index in [-0.39, 0.29) is 18.9 Å². The van der Waals surface area contributed by atoms with Gasteiger partial charge in [0.1, 0.15) is 11.3 Å². The van der Waals surface area contributed by atoms with Gasteiger partial charge in [-0.05, 0) is 48.4 Å². The lowest BCUT2D eigenvalue weighted by molar-refractivity contribution is -0.136. The number of furan rings is 1. The van der Waals surface area contributed by atoms with Gasteiger partial charge in [0.2, 0.25) is 0 Å². The number of carboxylic acid groups (broad SMARTS) is 1. The standard InChI is InChI=1S/C30H26ClN3O4S/c1-19-28(26-16-22-6-3-5-9-25(22)38-26)33-30(39-19)34(18-23-7-2-4-8-24(23)31)17-20-10-12-21(13-11-20)29(37)32-15-14-27(35)36/h2-13,16H,14-15,17-18H2,1H3,(H,32,37)(H,35,36). The van der Waals surface area contributed by atoms with E-state index in [9.17, 15) is 9.59 Å². The lowest BCUT2D eigenvalue weighted by Gasteiger charge is -2.23. The maximum atomic E-state index is 12.4. The molecule has 0 aliphatic rings. The summed E-state index contributed by atoms with van der Waals surface area (Å²) in [7, 11) is 0. The summed E-state index contributed by atoms with van der Waals surface area (Å²) in [6.45, 7) is 3.20. The quantitative estimate of drug-likeness (QED) is 0.193. The molecule has 1 amide bonds. The highest BCUT2D eigenvalue weighted by Crippen LogP contribution is 2.36. The van der Waals surface area contributed by atoms with E-state index in [1.165, 1.54) is 0 Å². The molecule has 0 saturated carbocycles. The molecule has 5 aromatic rings. The van der Waals surface area contributed by atoms with E-state index < -0.39 is 5.97 Å². The van der Waals surface area contributed by atoms with Gasteiger partial charge >= 0.3 is 5.97 Å². The molecule has 0 aliphatic carbocycles. The van der Waals surface area contributed by atoms with Gasteiger partial charge in [0.05, 0.1) is 6.42 Å². The molecule has 0 bridgehead atoms. The van der Waals surface area contributed by atoms with Crippen LogP contribution in [0, 0.1) is 6.92 Å². The van der Waals surface area contributed by atoms with Crippen molar-refractivity contribution in [2.75, 3.05) is 11.4 Å². The third-order valence-corrected chi connectivity index (χ3v) is 7.65. The van der Waals surface area contributed by atoms with Gasteiger partial charge in [-0.25, -0.2) is 4.98 Å². The van der Waals surface area contributed by atoms with Gasteiger partial charge < -0.3 is 19.7 Å². The van der Waals surface area contributed by atoms with Crippen molar-refractivity contribution in [3.8, 4) is 11.5 Å². The second kappa shape index (κ2) is 11.7. The van der Waals surface area contributed by atoms with Gasteiger partial charge in [0.15, 0.2) is 10.9 Å². The molecule has 198 valence electrons. The number of amides is 1. The Labute approximate surface area is 234 Å². The van der Waals surface area contributed by atoms with Crippen LogP contribution in [-0.2, 0) is 17.9 Å². The number of hydrogen-bond donors (Lipinski definition) is 2. The normalized spacial score (nSPS) is 11.0. The molecule has 39 heavy (non-hydrogen) atoms. The Morgan fingerprint density at radius 1 is 1.03 bits per heavy atom. The molecular weight excluding hydrogens is 534 g/mol. The van der Waals surface area contributed by atoms with Gasteiger partial charge in [-0.2, -0.15) is 0 Å². The van der Waals surface area contributed by atoms with E-state index in [1.54, 1.807) is 23.5 Å². The summed E-state index contributed by atoms with van der Waals surface area (Å²) in [6, 6.07) is 24.9. The monoisotopic (exact) mass is 559 g/mol. The van der Waals surface area contributed by atoms with Crippen LogP contribution in [-0.4, -0.2) is 28.5 Å². The zero-order chi connectivity index (χ0) is 27.4. The smallest absolute Gasteiger partial charge is 0.305 e. The van der Waals surface area contributed by atoms with E-state index in [0.717, 1.165) is 43.6 Å². The number of carbonyl (C=O) groups excluding carboxylic acids is 1. The van der Waals surface area contributed by atoms with Crippen molar-refractivity contribution in [1.82, 2.24) is 10.3 Å². The zero-order valence-electron chi connectivity index (χ0n) is 21.2. The summed E-state index contributed by atoms with van der Waals surface area (Å²) in [6.07, 6.45) is -0.121. The third-order valence-electron chi connectivity index (χ3n) is 6.25. The van der Waals surface area contributed by atoms with E-state index >= 15 is 0 Å². The number of rotatable bonds is 10. The SMILES string of the molecule is Cc1sc(N(Cc2ccc(C(=O)NCCC(=O)O)cc2)Cc2ccccc2Cl)nc1-c1cc2ccccc2o1. The van der Waals surface area contributed by atoms with E-state index in [1.807, 2.05) is 73.7 Å². The van der Waals surface area contributed by atoms with Gasteiger partial charge in [-0.15, -0.1) is 11.3 Å². The summed E-state index contributed by atoms with van der Waals surface area (Å²) < 4.78 is 6.09. The number of fused-ring (bicyclic) bond motifs is 1. The summed E-state index contributed by atoms with van der Waals surface area (Å²) in [4.78, 5) is 31.2. The molecular formula is C30H26ClN3O4S. The van der Waals surface area contributed by atoms with Crippen LogP contribution in [0.5, 0.6) is 0 Å². The molecule has 3 aromatic carbocycles. The molecule has 5 rings (SSSR count). The predicted molar refractivity (Wildman–Crippen MR) is 154 cm³/mol. The number of thiazole rings is 1. The zero-order valence-corrected chi connectivity index (χ0v) is 22.8. The molecule has 7 nitrogen and oxygen atoms in total. The number of carboxylic acids is 1. The van der Waals surface area contributed by atoms with Crippen LogP contribution in [0.25, 0.3) is 22.4 Å².